The standard InChI is InChI=1S/C3H6O2S/c1-2-3(4)5-6/h4H,2H2,1H3. The zero-order chi connectivity index (χ0) is 4.99. The van der Waals surface area contributed by atoms with Crippen molar-refractivity contribution in [1.29, 1.82) is 0 Å². The van der Waals surface area contributed by atoms with Crippen LogP contribution in [0.4, 0.5) is 0 Å². The van der Waals surface area contributed by atoms with E-state index in [1.165, 1.54) is 0 Å². The molecule has 3 heteroatoms. The van der Waals surface area contributed by atoms with Gasteiger partial charge in [-0.05, 0) is 6.92 Å². The molecule has 0 bridgehead atoms. The topological polar surface area (TPSA) is 31.5 Å². The summed E-state index contributed by atoms with van der Waals surface area (Å²) in [5.41, 5.74) is 0. The number of hydrogen-bond donors (Lipinski definition) is 1. The van der Waals surface area contributed by atoms with Crippen molar-refractivity contribution in [3.05, 3.63) is 0 Å². The first kappa shape index (κ1) is 5.69. The van der Waals surface area contributed by atoms with Gasteiger partial charge in [0.05, 0.1) is 6.42 Å². The van der Waals surface area contributed by atoms with Gasteiger partial charge in [-0.3, -0.25) is 0 Å². The molecule has 0 spiro atoms. The highest BCUT2D eigenvalue weighted by molar-refractivity contribution is 7.50. The van der Waals surface area contributed by atoms with E-state index in [-0.39, 0.29) is 5.97 Å². The molecular formula is C3H6O2S. The molecule has 6 heavy (non-hydrogen) atoms. The van der Waals surface area contributed by atoms with Crippen LogP contribution in [0.3, 0.4) is 0 Å². The quantitative estimate of drug-likeness (QED) is 0.389. The Bertz CT molecular complexity index is 59.8. The average Bonchev–Trinajstić information content (AvgIpc) is 1.65. The van der Waals surface area contributed by atoms with Gasteiger partial charge in [-0.15, -0.1) is 0 Å². The van der Waals surface area contributed by atoms with Gasteiger partial charge in [-0.25, -0.2) is 0 Å². The van der Waals surface area contributed by atoms with Crippen molar-refractivity contribution in [3.63, 3.8) is 0 Å². The van der Waals surface area contributed by atoms with Gasteiger partial charge in [0, 0.05) is 0 Å². The molecule has 0 aliphatic rings. The van der Waals surface area contributed by atoms with Crippen LogP contribution < -0.4 is 0 Å². The van der Waals surface area contributed by atoms with Crippen molar-refractivity contribution in [1.82, 2.24) is 0 Å². The SMILES string of the molecule is CCC(O)=[O+][S-]. The second-order valence-corrected chi connectivity index (χ2v) is 0.997. The third-order valence-electron chi connectivity index (χ3n) is 0.399. The lowest BCUT2D eigenvalue weighted by atomic mass is 10.5. The van der Waals surface area contributed by atoms with Crippen LogP contribution in [0.25, 0.3) is 0 Å². The minimum atomic E-state index is -0.0926. The zero-order valence-corrected chi connectivity index (χ0v) is 4.29. The minimum absolute atomic E-state index is 0.0926. The fourth-order valence-corrected chi connectivity index (χ4v) is 0.177. The van der Waals surface area contributed by atoms with Crippen LogP contribution in [0, 0.1) is 0 Å². The number of rotatable bonds is 1. The molecule has 36 valence electrons. The van der Waals surface area contributed by atoms with E-state index in [4.69, 9.17) is 5.11 Å². The molecule has 0 aromatic rings. The molecule has 0 atom stereocenters. The summed E-state index contributed by atoms with van der Waals surface area (Å²) in [6.45, 7) is 1.75. The average molecular weight is 106 g/mol. The Kier molecular flexibility index (Phi) is 2.75. The van der Waals surface area contributed by atoms with Crippen molar-refractivity contribution in [2.24, 2.45) is 0 Å². The number of carboxylic acid groups (broad SMARTS) is 1. The number of carboxylic acids is 1. The summed E-state index contributed by atoms with van der Waals surface area (Å²) in [6.07, 6.45) is 0.476. The lowest BCUT2D eigenvalue weighted by Crippen LogP contribution is -1.92. The molecule has 0 radical (unpaired) electrons. The monoisotopic (exact) mass is 106 g/mol. The predicted octanol–water partition coefficient (Wildman–Crippen LogP) is 0.479. The number of hydrogen-bond acceptors (Lipinski definition) is 1. The van der Waals surface area contributed by atoms with Gasteiger partial charge in [-0.2, -0.15) is 0 Å². The van der Waals surface area contributed by atoms with E-state index in [0.29, 0.717) is 6.42 Å². The fourth-order valence-electron chi connectivity index (χ4n) is 0.0589. The highest BCUT2D eigenvalue weighted by Crippen LogP contribution is 1.71. The largest absolute Gasteiger partial charge is 0.466 e. The third-order valence-corrected chi connectivity index (χ3v) is 0.591. The molecule has 0 aliphatic heterocycles. The second kappa shape index (κ2) is 2.90. The Morgan fingerprint density at radius 1 is 2.00 bits per heavy atom. The van der Waals surface area contributed by atoms with E-state index >= 15 is 0 Å². The maximum absolute atomic E-state index is 8.26. The molecule has 1 N–H and O–H groups in total. The Hall–Kier alpha value is -0.310. The van der Waals surface area contributed by atoms with Gasteiger partial charge >= 0.3 is 5.97 Å². The second-order valence-electron chi connectivity index (χ2n) is 0.831. The molecule has 0 heterocycles. The Morgan fingerprint density at radius 3 is 2.50 bits per heavy atom. The van der Waals surface area contributed by atoms with Gasteiger partial charge in [0.1, 0.15) is 0 Å². The molecule has 0 amide bonds. The zero-order valence-electron chi connectivity index (χ0n) is 3.47. The van der Waals surface area contributed by atoms with Gasteiger partial charge in [-0.1, -0.05) is 0 Å². The summed E-state index contributed by atoms with van der Waals surface area (Å²) in [5.74, 6) is -0.0926. The molecule has 0 unspecified atom stereocenters. The summed E-state index contributed by atoms with van der Waals surface area (Å²) < 4.78 is 3.95. The molecule has 0 rings (SSSR count). The molecule has 0 fully saturated rings. The molecule has 0 aliphatic carbocycles. The van der Waals surface area contributed by atoms with E-state index in [9.17, 15) is 0 Å². The summed E-state index contributed by atoms with van der Waals surface area (Å²) in [4.78, 5) is 0. The highest BCUT2D eigenvalue weighted by Gasteiger charge is 1.93. The molecule has 0 aromatic carbocycles. The molecule has 2 nitrogen and oxygen atoms in total. The maximum Gasteiger partial charge on any atom is 0.466 e. The van der Waals surface area contributed by atoms with Crippen molar-refractivity contribution in [3.8, 4) is 0 Å². The number of aliphatic hydroxyl groups excluding tert-OH is 1. The Morgan fingerprint density at radius 2 is 2.50 bits per heavy atom. The Balaban J connectivity index is 3.22. The van der Waals surface area contributed by atoms with Crippen molar-refractivity contribution in [2.45, 2.75) is 13.3 Å². The smallest absolute Gasteiger partial charge is 0.434 e. The van der Waals surface area contributed by atoms with E-state index in [1.807, 2.05) is 0 Å². The molecule has 0 saturated heterocycles. The van der Waals surface area contributed by atoms with Gasteiger partial charge in [0.25, 0.3) is 0 Å². The van der Waals surface area contributed by atoms with Crippen molar-refractivity contribution in [2.75, 3.05) is 0 Å². The normalized spacial score (nSPS) is 11.8. The van der Waals surface area contributed by atoms with E-state index < -0.39 is 0 Å². The predicted molar refractivity (Wildman–Crippen MR) is 25.3 cm³/mol. The van der Waals surface area contributed by atoms with Crippen LogP contribution in [-0.4, -0.2) is 11.1 Å². The lowest BCUT2D eigenvalue weighted by molar-refractivity contribution is -0.258. The summed E-state index contributed by atoms with van der Waals surface area (Å²) in [6, 6.07) is 0. The van der Waals surface area contributed by atoms with Crippen LogP contribution in [0.1, 0.15) is 13.3 Å². The maximum atomic E-state index is 8.26. The third kappa shape index (κ3) is 1.96. The van der Waals surface area contributed by atoms with Crippen molar-refractivity contribution >= 4 is 18.9 Å². The molecule has 0 aromatic heterocycles. The first-order valence-electron chi connectivity index (χ1n) is 1.66. The van der Waals surface area contributed by atoms with E-state index in [1.54, 1.807) is 6.92 Å². The van der Waals surface area contributed by atoms with Crippen LogP contribution in [0.2, 0.25) is 0 Å². The fraction of sp³-hybridized carbons (Fsp3) is 0.667. The first-order chi connectivity index (χ1) is 2.81. The van der Waals surface area contributed by atoms with Crippen LogP contribution >= 0.6 is 0 Å². The van der Waals surface area contributed by atoms with Crippen molar-refractivity contribution < 1.29 is 8.98 Å². The lowest BCUT2D eigenvalue weighted by Gasteiger charge is -1.78. The highest BCUT2D eigenvalue weighted by atomic mass is 32.1. The summed E-state index contributed by atoms with van der Waals surface area (Å²) in [5, 5.41) is 8.26. The minimum Gasteiger partial charge on any atom is -0.434 e. The van der Waals surface area contributed by atoms with Gasteiger partial charge in [0.2, 0.25) is 0 Å². The van der Waals surface area contributed by atoms with Crippen LogP contribution in [0.5, 0.6) is 0 Å². The van der Waals surface area contributed by atoms with Gasteiger partial charge < -0.3 is 21.9 Å². The van der Waals surface area contributed by atoms with E-state index in [0.717, 1.165) is 0 Å². The molecule has 0 saturated carbocycles. The Labute approximate surface area is 42.1 Å². The number of aliphatic carboxylic acids is 1. The summed E-state index contributed by atoms with van der Waals surface area (Å²) in [7, 11) is 0. The van der Waals surface area contributed by atoms with Crippen LogP contribution in [-0.2, 0) is 16.8 Å². The summed E-state index contributed by atoms with van der Waals surface area (Å²) >= 11 is 3.99. The first-order valence-corrected chi connectivity index (χ1v) is 1.99. The molecular weight excluding hydrogens is 100 g/mol. The van der Waals surface area contributed by atoms with Gasteiger partial charge in [0.15, 0.2) is 0 Å². The van der Waals surface area contributed by atoms with Crippen LogP contribution in [0.15, 0.2) is 0 Å². The van der Waals surface area contributed by atoms with E-state index in [2.05, 4.69) is 16.8 Å².